The van der Waals surface area contributed by atoms with Crippen molar-refractivity contribution < 1.29 is 4.79 Å². The predicted octanol–water partition coefficient (Wildman–Crippen LogP) is 3.54. The molecule has 0 heterocycles. The summed E-state index contributed by atoms with van der Waals surface area (Å²) < 4.78 is 0. The first-order valence-electron chi connectivity index (χ1n) is 5.16. The molecule has 0 aliphatic rings. The van der Waals surface area contributed by atoms with Crippen LogP contribution in [0.2, 0.25) is 0 Å². The number of hydrogen-bond donors (Lipinski definition) is 1. The second-order valence-corrected chi connectivity index (χ2v) is 4.08. The van der Waals surface area contributed by atoms with Gasteiger partial charge in [-0.05, 0) is 29.8 Å². The molecule has 0 aliphatic carbocycles. The minimum atomic E-state index is 0.668. The number of rotatable bonds is 3. The lowest BCUT2D eigenvalue weighted by Crippen LogP contribution is -1.83. The Hall–Kier alpha value is -1.87. The van der Waals surface area contributed by atoms with Crippen molar-refractivity contribution in [3.63, 3.8) is 0 Å². The standard InChI is InChI=1S/C14H11NOS/c16-10-12-3-1-11(2-4-12)9-15-13-5-7-14(17)8-6-13/h1-10,17H. The van der Waals surface area contributed by atoms with Crippen molar-refractivity contribution in [1.29, 1.82) is 0 Å². The highest BCUT2D eigenvalue weighted by Crippen LogP contribution is 2.15. The van der Waals surface area contributed by atoms with Crippen molar-refractivity contribution in [3.05, 3.63) is 59.7 Å². The quantitative estimate of drug-likeness (QED) is 0.497. The van der Waals surface area contributed by atoms with E-state index in [-0.39, 0.29) is 0 Å². The SMILES string of the molecule is O=Cc1ccc(C=Nc2ccc(S)cc2)cc1. The number of thiol groups is 1. The minimum Gasteiger partial charge on any atom is -0.298 e. The Morgan fingerprint density at radius 2 is 1.47 bits per heavy atom. The van der Waals surface area contributed by atoms with Crippen molar-refractivity contribution in [2.75, 3.05) is 0 Å². The summed E-state index contributed by atoms with van der Waals surface area (Å²) in [5, 5.41) is 0. The van der Waals surface area contributed by atoms with E-state index in [2.05, 4.69) is 17.6 Å². The number of aldehydes is 1. The van der Waals surface area contributed by atoms with Gasteiger partial charge in [-0.15, -0.1) is 12.6 Å². The Labute approximate surface area is 105 Å². The van der Waals surface area contributed by atoms with Gasteiger partial charge in [0.15, 0.2) is 0 Å². The first kappa shape index (κ1) is 11.6. The third kappa shape index (κ3) is 3.29. The lowest BCUT2D eigenvalue weighted by Gasteiger charge is -1.95. The molecule has 0 aliphatic heterocycles. The summed E-state index contributed by atoms with van der Waals surface area (Å²) in [4.78, 5) is 15.7. The van der Waals surface area contributed by atoms with Gasteiger partial charge in [0.1, 0.15) is 6.29 Å². The van der Waals surface area contributed by atoms with E-state index in [4.69, 9.17) is 0 Å². The number of carbonyl (C=O) groups is 1. The molecule has 2 aromatic carbocycles. The average molecular weight is 241 g/mol. The van der Waals surface area contributed by atoms with Gasteiger partial charge in [-0.1, -0.05) is 24.3 Å². The van der Waals surface area contributed by atoms with E-state index < -0.39 is 0 Å². The Bertz CT molecular complexity index is 529. The molecule has 0 fully saturated rings. The van der Waals surface area contributed by atoms with Gasteiger partial charge in [-0.3, -0.25) is 9.79 Å². The Balaban J connectivity index is 2.14. The summed E-state index contributed by atoms with van der Waals surface area (Å²) >= 11 is 4.21. The molecule has 0 atom stereocenters. The molecular formula is C14H11NOS. The maximum Gasteiger partial charge on any atom is 0.150 e. The zero-order valence-electron chi connectivity index (χ0n) is 9.08. The molecule has 2 nitrogen and oxygen atoms in total. The molecule has 0 aromatic heterocycles. The van der Waals surface area contributed by atoms with Gasteiger partial charge < -0.3 is 0 Å². The van der Waals surface area contributed by atoms with Crippen LogP contribution in [0.25, 0.3) is 0 Å². The summed E-state index contributed by atoms with van der Waals surface area (Å²) in [5.74, 6) is 0. The monoisotopic (exact) mass is 241 g/mol. The van der Waals surface area contributed by atoms with Crippen molar-refractivity contribution in [2.45, 2.75) is 4.90 Å². The maximum atomic E-state index is 10.5. The summed E-state index contributed by atoms with van der Waals surface area (Å²) in [6.45, 7) is 0. The first-order chi connectivity index (χ1) is 8.28. The second kappa shape index (κ2) is 5.46. The van der Waals surface area contributed by atoms with E-state index in [1.54, 1.807) is 18.3 Å². The van der Waals surface area contributed by atoms with Crippen LogP contribution in [-0.2, 0) is 0 Å². The van der Waals surface area contributed by atoms with Crippen LogP contribution in [0.3, 0.4) is 0 Å². The van der Waals surface area contributed by atoms with Crippen LogP contribution < -0.4 is 0 Å². The fourth-order valence-electron chi connectivity index (χ4n) is 1.35. The molecule has 17 heavy (non-hydrogen) atoms. The molecule has 0 amide bonds. The van der Waals surface area contributed by atoms with Crippen molar-refractivity contribution >= 4 is 30.8 Å². The highest BCUT2D eigenvalue weighted by atomic mass is 32.1. The van der Waals surface area contributed by atoms with Crippen LogP contribution in [0.15, 0.2) is 58.4 Å². The smallest absolute Gasteiger partial charge is 0.150 e. The molecule has 2 rings (SSSR count). The minimum absolute atomic E-state index is 0.668. The highest BCUT2D eigenvalue weighted by molar-refractivity contribution is 7.80. The fourth-order valence-corrected chi connectivity index (χ4v) is 1.50. The molecule has 3 heteroatoms. The van der Waals surface area contributed by atoms with E-state index in [1.165, 1.54) is 0 Å². The lowest BCUT2D eigenvalue weighted by molar-refractivity contribution is 0.112. The fraction of sp³-hybridized carbons (Fsp3) is 0. The molecular weight excluding hydrogens is 230 g/mol. The van der Waals surface area contributed by atoms with E-state index in [0.717, 1.165) is 22.4 Å². The maximum absolute atomic E-state index is 10.5. The third-order valence-electron chi connectivity index (χ3n) is 2.28. The zero-order chi connectivity index (χ0) is 12.1. The van der Waals surface area contributed by atoms with Crippen LogP contribution in [0.4, 0.5) is 5.69 Å². The summed E-state index contributed by atoms with van der Waals surface area (Å²) in [6, 6.07) is 14.9. The summed E-state index contributed by atoms with van der Waals surface area (Å²) in [7, 11) is 0. The molecule has 2 aromatic rings. The highest BCUT2D eigenvalue weighted by Gasteiger charge is 1.91. The zero-order valence-corrected chi connectivity index (χ0v) is 9.97. The van der Waals surface area contributed by atoms with Gasteiger partial charge in [0.25, 0.3) is 0 Å². The van der Waals surface area contributed by atoms with E-state index in [1.807, 2.05) is 36.4 Å². The van der Waals surface area contributed by atoms with E-state index in [9.17, 15) is 4.79 Å². The molecule has 0 spiro atoms. The molecule has 0 unspecified atom stereocenters. The lowest BCUT2D eigenvalue weighted by atomic mass is 10.2. The number of carbonyl (C=O) groups excluding carboxylic acids is 1. The number of nitrogens with zero attached hydrogens (tertiary/aromatic N) is 1. The van der Waals surface area contributed by atoms with E-state index >= 15 is 0 Å². The summed E-state index contributed by atoms with van der Waals surface area (Å²) in [5.41, 5.74) is 2.51. The van der Waals surface area contributed by atoms with Crippen LogP contribution in [0.1, 0.15) is 15.9 Å². The van der Waals surface area contributed by atoms with E-state index in [0.29, 0.717) is 5.56 Å². The predicted molar refractivity (Wildman–Crippen MR) is 72.8 cm³/mol. The number of benzene rings is 2. The Morgan fingerprint density at radius 3 is 2.06 bits per heavy atom. The van der Waals surface area contributed by atoms with Gasteiger partial charge in [0.05, 0.1) is 5.69 Å². The van der Waals surface area contributed by atoms with Crippen molar-refractivity contribution in [3.8, 4) is 0 Å². The van der Waals surface area contributed by atoms with Crippen LogP contribution in [-0.4, -0.2) is 12.5 Å². The Kier molecular flexibility index (Phi) is 3.73. The van der Waals surface area contributed by atoms with Crippen molar-refractivity contribution in [2.24, 2.45) is 4.99 Å². The molecule has 0 saturated carbocycles. The second-order valence-electron chi connectivity index (χ2n) is 3.56. The number of aliphatic imine (C=N–C) groups is 1. The summed E-state index contributed by atoms with van der Waals surface area (Å²) in [6.07, 6.45) is 2.59. The van der Waals surface area contributed by atoms with Crippen LogP contribution >= 0.6 is 12.6 Å². The molecule has 84 valence electrons. The van der Waals surface area contributed by atoms with Gasteiger partial charge in [-0.25, -0.2) is 0 Å². The van der Waals surface area contributed by atoms with Crippen LogP contribution in [0.5, 0.6) is 0 Å². The Morgan fingerprint density at radius 1 is 0.882 bits per heavy atom. The normalized spacial score (nSPS) is 10.6. The molecule has 0 bridgehead atoms. The molecule has 0 N–H and O–H groups in total. The number of hydrogen-bond acceptors (Lipinski definition) is 3. The molecule has 0 saturated heterocycles. The van der Waals surface area contributed by atoms with Gasteiger partial charge in [0, 0.05) is 16.7 Å². The molecule has 0 radical (unpaired) electrons. The largest absolute Gasteiger partial charge is 0.298 e. The first-order valence-corrected chi connectivity index (χ1v) is 5.61. The topological polar surface area (TPSA) is 29.4 Å². The van der Waals surface area contributed by atoms with Gasteiger partial charge in [0.2, 0.25) is 0 Å². The van der Waals surface area contributed by atoms with Gasteiger partial charge >= 0.3 is 0 Å². The third-order valence-corrected chi connectivity index (χ3v) is 2.58. The average Bonchev–Trinajstić information content (AvgIpc) is 2.39. The van der Waals surface area contributed by atoms with Crippen molar-refractivity contribution in [1.82, 2.24) is 0 Å². The van der Waals surface area contributed by atoms with Crippen LogP contribution in [0, 0.1) is 0 Å². The van der Waals surface area contributed by atoms with Gasteiger partial charge in [-0.2, -0.15) is 0 Å².